The molecule has 10 heteroatoms. The zero-order chi connectivity index (χ0) is 25.1. The Balaban J connectivity index is 1.35. The highest BCUT2D eigenvalue weighted by molar-refractivity contribution is 7.92. The van der Waals surface area contributed by atoms with E-state index in [1.165, 1.54) is 42.5 Å². The van der Waals surface area contributed by atoms with Crippen molar-refractivity contribution in [1.82, 2.24) is 14.5 Å². The molecule has 0 aliphatic carbocycles. The lowest BCUT2D eigenvalue weighted by Crippen LogP contribution is -2.22. The van der Waals surface area contributed by atoms with Crippen LogP contribution in [0.1, 0.15) is 15.9 Å². The largest absolute Gasteiger partial charge is 0.328 e. The van der Waals surface area contributed by atoms with Gasteiger partial charge in [0.1, 0.15) is 5.49 Å². The number of aromatic nitrogens is 3. The molecule has 0 spiro atoms. The van der Waals surface area contributed by atoms with E-state index in [0.29, 0.717) is 28.6 Å². The third-order valence-corrected chi connectivity index (χ3v) is 6.89. The summed E-state index contributed by atoms with van der Waals surface area (Å²) >= 11 is 0. The second-order valence-electron chi connectivity index (χ2n) is 8.06. The van der Waals surface area contributed by atoms with Gasteiger partial charge in [0.2, 0.25) is 0 Å². The molecule has 5 aromatic rings. The van der Waals surface area contributed by atoms with Crippen molar-refractivity contribution < 1.29 is 13.2 Å². The van der Waals surface area contributed by atoms with Crippen LogP contribution in [-0.2, 0) is 16.6 Å². The molecule has 3 N–H and O–H groups in total. The Labute approximate surface area is 205 Å². The number of aromatic amines is 2. The number of anilines is 1. The number of pyridine rings is 1. The van der Waals surface area contributed by atoms with Gasteiger partial charge in [-0.15, -0.1) is 0 Å². The highest BCUT2D eigenvalue weighted by atomic mass is 32.2. The monoisotopic (exact) mass is 499 g/mol. The lowest BCUT2D eigenvalue weighted by Gasteiger charge is -2.09. The van der Waals surface area contributed by atoms with E-state index in [2.05, 4.69) is 19.7 Å². The van der Waals surface area contributed by atoms with E-state index in [1.54, 1.807) is 6.07 Å². The molecule has 0 unspecified atom stereocenters. The summed E-state index contributed by atoms with van der Waals surface area (Å²) in [5, 5.41) is 0. The number of amides is 1. The average molecular weight is 500 g/mol. The second-order valence-corrected chi connectivity index (χ2v) is 9.74. The van der Waals surface area contributed by atoms with E-state index < -0.39 is 21.6 Å². The average Bonchev–Trinajstić information content (AvgIpc) is 3.25. The number of hydrogen-bond donors (Lipinski definition) is 3. The molecule has 180 valence electrons. The molecule has 0 aliphatic rings. The predicted octanol–water partition coefficient (Wildman–Crippen LogP) is 3.25. The predicted molar refractivity (Wildman–Crippen MR) is 136 cm³/mol. The van der Waals surface area contributed by atoms with E-state index >= 15 is 0 Å². The van der Waals surface area contributed by atoms with Gasteiger partial charge in [-0.05, 0) is 60.2 Å². The Morgan fingerprint density at radius 1 is 0.861 bits per heavy atom. The smallest absolute Gasteiger partial charge is 0.323 e. The number of carbonyl (C=O) groups excluding carboxylic acids is 1. The van der Waals surface area contributed by atoms with E-state index in [1.807, 2.05) is 53.2 Å². The molecule has 3 aromatic carbocycles. The van der Waals surface area contributed by atoms with Crippen molar-refractivity contribution in [3.63, 3.8) is 0 Å². The van der Waals surface area contributed by atoms with Crippen LogP contribution >= 0.6 is 0 Å². The van der Waals surface area contributed by atoms with Crippen molar-refractivity contribution >= 4 is 32.7 Å². The first-order valence-electron chi connectivity index (χ1n) is 11.0. The zero-order valence-corrected chi connectivity index (χ0v) is 19.7. The molecule has 0 bridgehead atoms. The highest BCUT2D eigenvalue weighted by Crippen LogP contribution is 2.19. The Morgan fingerprint density at radius 2 is 1.58 bits per heavy atom. The molecule has 0 atom stereocenters. The lowest BCUT2D eigenvalue weighted by atomic mass is 10.2. The SMILES string of the molecule is O=C(N=c1ccccn1Cc1ccccc1)c1ccc(NS(=O)(=O)c2ccc3[nH]c(=O)[nH]c3c2)cc1. The number of hydrogen-bond acceptors (Lipinski definition) is 4. The summed E-state index contributed by atoms with van der Waals surface area (Å²) < 4.78 is 30.0. The van der Waals surface area contributed by atoms with Crippen LogP contribution in [0.25, 0.3) is 11.0 Å². The van der Waals surface area contributed by atoms with Gasteiger partial charge in [0.05, 0.1) is 15.9 Å². The molecule has 0 saturated heterocycles. The van der Waals surface area contributed by atoms with Gasteiger partial charge in [0, 0.05) is 24.0 Å². The second kappa shape index (κ2) is 9.51. The van der Waals surface area contributed by atoms with E-state index in [9.17, 15) is 18.0 Å². The van der Waals surface area contributed by atoms with Crippen LogP contribution in [0.2, 0.25) is 0 Å². The quantitative estimate of drug-likeness (QED) is 0.331. The summed E-state index contributed by atoms with van der Waals surface area (Å²) in [5.74, 6) is -0.445. The maximum Gasteiger partial charge on any atom is 0.323 e. The van der Waals surface area contributed by atoms with Gasteiger partial charge < -0.3 is 14.5 Å². The molecule has 1 amide bonds. The van der Waals surface area contributed by atoms with Crippen LogP contribution < -0.4 is 15.9 Å². The fraction of sp³-hybridized carbons (Fsp3) is 0.0385. The minimum absolute atomic E-state index is 0.00699. The standard InChI is InChI=1S/C26H21N5O4S/c32-25(29-24-8-4-5-15-31(24)17-18-6-2-1-3-7-18)19-9-11-20(12-10-19)30-36(34,35)21-13-14-22-23(16-21)28-26(33)27-22/h1-16,30H,17H2,(H2,27,28,33). The molecule has 2 aromatic heterocycles. The van der Waals surface area contributed by atoms with E-state index in [0.717, 1.165) is 5.56 Å². The van der Waals surface area contributed by atoms with Gasteiger partial charge in [-0.1, -0.05) is 36.4 Å². The van der Waals surface area contributed by atoms with E-state index in [4.69, 9.17) is 0 Å². The molecule has 36 heavy (non-hydrogen) atoms. The molecule has 2 heterocycles. The van der Waals surface area contributed by atoms with Crippen molar-refractivity contribution in [3.8, 4) is 0 Å². The van der Waals surface area contributed by atoms with Crippen LogP contribution in [0.3, 0.4) is 0 Å². The Kier molecular flexibility index (Phi) is 6.09. The van der Waals surface area contributed by atoms with Gasteiger partial charge in [-0.3, -0.25) is 9.52 Å². The molecular weight excluding hydrogens is 478 g/mol. The van der Waals surface area contributed by atoms with Gasteiger partial charge in [0.15, 0.2) is 0 Å². The summed E-state index contributed by atoms with van der Waals surface area (Å²) in [6.45, 7) is 0.566. The van der Waals surface area contributed by atoms with Crippen LogP contribution in [-0.4, -0.2) is 28.9 Å². The Bertz CT molecular complexity index is 1780. The normalized spacial score (nSPS) is 12.1. The zero-order valence-electron chi connectivity index (χ0n) is 18.9. The van der Waals surface area contributed by atoms with Gasteiger partial charge >= 0.3 is 5.69 Å². The maximum atomic E-state index is 12.8. The maximum absolute atomic E-state index is 12.8. The molecular formula is C26H21N5O4S. The minimum atomic E-state index is -3.91. The Hall–Kier alpha value is -4.70. The van der Waals surface area contributed by atoms with Crippen molar-refractivity contribution in [2.75, 3.05) is 4.72 Å². The summed E-state index contributed by atoms with van der Waals surface area (Å²) in [6.07, 6.45) is 1.86. The van der Waals surface area contributed by atoms with Crippen LogP contribution in [0.4, 0.5) is 5.69 Å². The lowest BCUT2D eigenvalue weighted by molar-refractivity contribution is 0.0997. The number of benzene rings is 3. The molecule has 0 aliphatic heterocycles. The first-order chi connectivity index (χ1) is 17.4. The van der Waals surface area contributed by atoms with Gasteiger partial charge in [-0.25, -0.2) is 13.2 Å². The summed E-state index contributed by atoms with van der Waals surface area (Å²) in [4.78, 5) is 33.6. The summed E-state index contributed by atoms with van der Waals surface area (Å²) in [6, 6.07) is 25.6. The van der Waals surface area contributed by atoms with Crippen LogP contribution in [0.5, 0.6) is 0 Å². The molecule has 9 nitrogen and oxygen atoms in total. The number of nitrogens with one attached hydrogen (secondary N) is 3. The Morgan fingerprint density at radius 3 is 2.36 bits per heavy atom. The number of nitrogens with zero attached hydrogens (tertiary/aromatic N) is 2. The van der Waals surface area contributed by atoms with E-state index in [-0.39, 0.29) is 10.6 Å². The number of sulfonamides is 1. The molecule has 0 fully saturated rings. The van der Waals surface area contributed by atoms with Gasteiger partial charge in [-0.2, -0.15) is 4.99 Å². The number of fused-ring (bicyclic) bond motifs is 1. The number of H-pyrrole nitrogens is 2. The summed E-state index contributed by atoms with van der Waals surface area (Å²) in [5.41, 5.74) is 2.67. The van der Waals surface area contributed by atoms with Crippen molar-refractivity contribution in [1.29, 1.82) is 0 Å². The molecule has 0 saturated carbocycles. The third kappa shape index (κ3) is 5.03. The molecule has 0 radical (unpaired) electrons. The fourth-order valence-corrected chi connectivity index (χ4v) is 4.81. The first-order valence-corrected chi connectivity index (χ1v) is 12.5. The van der Waals surface area contributed by atoms with Crippen molar-refractivity contribution in [2.45, 2.75) is 11.4 Å². The van der Waals surface area contributed by atoms with Crippen molar-refractivity contribution in [2.24, 2.45) is 4.99 Å². The molecule has 5 rings (SSSR count). The first kappa shape index (κ1) is 23.1. The minimum Gasteiger partial charge on any atom is -0.328 e. The van der Waals surface area contributed by atoms with Crippen LogP contribution in [0, 0.1) is 0 Å². The number of imidazole rings is 1. The highest BCUT2D eigenvalue weighted by Gasteiger charge is 2.16. The number of carbonyl (C=O) groups is 1. The number of rotatable bonds is 6. The topological polar surface area (TPSA) is 129 Å². The van der Waals surface area contributed by atoms with Crippen molar-refractivity contribution in [3.05, 3.63) is 124 Å². The fourth-order valence-electron chi connectivity index (χ4n) is 3.72. The van der Waals surface area contributed by atoms with Gasteiger partial charge in [0.25, 0.3) is 15.9 Å². The van der Waals surface area contributed by atoms with Crippen LogP contribution in [0.15, 0.2) is 112 Å². The summed E-state index contributed by atoms with van der Waals surface area (Å²) in [7, 11) is -3.91. The third-order valence-electron chi connectivity index (χ3n) is 5.51.